The van der Waals surface area contributed by atoms with Crippen molar-refractivity contribution >= 4 is 29.1 Å². The van der Waals surface area contributed by atoms with Gasteiger partial charge in [0.05, 0.1) is 10.7 Å². The van der Waals surface area contributed by atoms with Gasteiger partial charge in [-0.2, -0.15) is 0 Å². The first-order chi connectivity index (χ1) is 12.1. The van der Waals surface area contributed by atoms with Gasteiger partial charge >= 0.3 is 0 Å². The second-order valence-corrected chi connectivity index (χ2v) is 6.79. The molecule has 3 rings (SSSR count). The minimum Gasteiger partial charge on any atom is -0.338 e. The van der Waals surface area contributed by atoms with Crippen LogP contribution in [-0.4, -0.2) is 28.5 Å². The highest BCUT2D eigenvalue weighted by atomic mass is 35.5. The zero-order valence-corrected chi connectivity index (χ0v) is 15.4. The molecule has 1 fully saturated rings. The van der Waals surface area contributed by atoms with Crippen molar-refractivity contribution in [1.29, 1.82) is 0 Å². The van der Waals surface area contributed by atoms with Crippen LogP contribution in [0.15, 0.2) is 30.3 Å². The summed E-state index contributed by atoms with van der Waals surface area (Å²) in [6.07, 6.45) is 4.57. The van der Waals surface area contributed by atoms with Crippen LogP contribution >= 0.6 is 11.6 Å². The highest BCUT2D eigenvalue weighted by Crippen LogP contribution is 2.25. The summed E-state index contributed by atoms with van der Waals surface area (Å²) >= 11 is 6.12. The number of nitrogens with one attached hydrogen (secondary N) is 1. The van der Waals surface area contributed by atoms with E-state index in [2.05, 4.69) is 27.1 Å². The van der Waals surface area contributed by atoms with E-state index < -0.39 is 0 Å². The summed E-state index contributed by atoms with van der Waals surface area (Å²) in [5.74, 6) is 0.376. The number of aryl methyl sites for hydroxylation is 1. The molecule has 132 valence electrons. The topological polar surface area (TPSA) is 58.1 Å². The number of rotatable bonds is 4. The van der Waals surface area contributed by atoms with Crippen molar-refractivity contribution in [2.45, 2.75) is 45.6 Å². The van der Waals surface area contributed by atoms with Crippen LogP contribution < -0.4 is 10.2 Å². The van der Waals surface area contributed by atoms with Crippen LogP contribution in [0.25, 0.3) is 0 Å². The van der Waals surface area contributed by atoms with E-state index in [9.17, 15) is 4.79 Å². The summed E-state index contributed by atoms with van der Waals surface area (Å²) in [5.41, 5.74) is 1.73. The van der Waals surface area contributed by atoms with Gasteiger partial charge in [-0.1, -0.05) is 30.7 Å². The molecule has 2 heterocycles. The summed E-state index contributed by atoms with van der Waals surface area (Å²) in [5, 5.41) is 3.33. The molecule has 2 aromatic rings. The molecule has 0 saturated carbocycles. The smallest absolute Gasteiger partial charge is 0.274 e. The molecular formula is C19H23ClN4O. The Morgan fingerprint density at radius 1 is 1.32 bits per heavy atom. The van der Waals surface area contributed by atoms with Crippen LogP contribution in [-0.2, 0) is 0 Å². The van der Waals surface area contributed by atoms with Gasteiger partial charge < -0.3 is 10.2 Å². The molecule has 1 aliphatic heterocycles. The zero-order chi connectivity index (χ0) is 17.8. The maximum absolute atomic E-state index is 12.6. The minimum atomic E-state index is -0.273. The maximum Gasteiger partial charge on any atom is 0.274 e. The molecule has 0 bridgehead atoms. The van der Waals surface area contributed by atoms with E-state index in [0.717, 1.165) is 31.5 Å². The van der Waals surface area contributed by atoms with Gasteiger partial charge in [0.25, 0.3) is 5.91 Å². The number of hydrogen-bond acceptors (Lipinski definition) is 4. The summed E-state index contributed by atoms with van der Waals surface area (Å²) in [6, 6.07) is 9.32. The molecular weight excluding hydrogens is 336 g/mol. The Balaban J connectivity index is 1.86. The van der Waals surface area contributed by atoms with Crippen LogP contribution in [0.2, 0.25) is 5.02 Å². The Hall–Kier alpha value is -2.14. The third kappa shape index (κ3) is 4.10. The van der Waals surface area contributed by atoms with Gasteiger partial charge in [0.15, 0.2) is 0 Å². The molecule has 6 heteroatoms. The number of anilines is 2. The predicted octanol–water partition coefficient (Wildman–Crippen LogP) is 4.46. The van der Waals surface area contributed by atoms with Gasteiger partial charge in [-0.15, -0.1) is 0 Å². The first kappa shape index (κ1) is 17.7. The second-order valence-electron chi connectivity index (χ2n) is 6.38. The Morgan fingerprint density at radius 2 is 2.12 bits per heavy atom. The predicted molar refractivity (Wildman–Crippen MR) is 101 cm³/mol. The monoisotopic (exact) mass is 358 g/mol. The molecule has 25 heavy (non-hydrogen) atoms. The lowest BCUT2D eigenvalue weighted by Crippen LogP contribution is -2.40. The molecule has 1 N–H and O–H groups in total. The standard InChI is InChI=1S/C19H23ClN4O/c1-3-14-8-6-7-11-24(14)19-21-13(2)12-17(23-19)18(25)22-16-10-5-4-9-15(16)20/h4-5,9-10,12,14H,3,6-8,11H2,1-2H3,(H,22,25). The largest absolute Gasteiger partial charge is 0.338 e. The molecule has 1 aromatic heterocycles. The molecule has 1 unspecified atom stereocenters. The SMILES string of the molecule is CCC1CCCCN1c1nc(C)cc(C(=O)Nc2ccccc2Cl)n1. The number of hydrogen-bond donors (Lipinski definition) is 1. The molecule has 1 aromatic carbocycles. The van der Waals surface area contributed by atoms with Crippen molar-refractivity contribution in [2.75, 3.05) is 16.8 Å². The second kappa shape index (κ2) is 7.83. The number of benzene rings is 1. The highest BCUT2D eigenvalue weighted by Gasteiger charge is 2.24. The zero-order valence-electron chi connectivity index (χ0n) is 14.6. The Bertz CT molecular complexity index is 765. The Morgan fingerprint density at radius 3 is 2.88 bits per heavy atom. The van der Waals surface area contributed by atoms with Gasteiger partial charge in [-0.05, 0) is 50.8 Å². The average molecular weight is 359 g/mol. The summed E-state index contributed by atoms with van der Waals surface area (Å²) < 4.78 is 0. The Kier molecular flexibility index (Phi) is 5.53. The van der Waals surface area contributed by atoms with Crippen LogP contribution in [0.3, 0.4) is 0 Å². The fourth-order valence-electron chi connectivity index (χ4n) is 3.23. The highest BCUT2D eigenvalue weighted by molar-refractivity contribution is 6.33. The fourth-order valence-corrected chi connectivity index (χ4v) is 3.42. The summed E-state index contributed by atoms with van der Waals surface area (Å²) in [7, 11) is 0. The molecule has 0 spiro atoms. The van der Waals surface area contributed by atoms with Crippen molar-refractivity contribution in [1.82, 2.24) is 9.97 Å². The van der Waals surface area contributed by atoms with Gasteiger partial charge in [0, 0.05) is 18.3 Å². The van der Waals surface area contributed by atoms with Crippen LogP contribution in [0.1, 0.15) is 48.8 Å². The number of piperidine rings is 1. The quantitative estimate of drug-likeness (QED) is 0.876. The number of carbonyl (C=O) groups is 1. The maximum atomic E-state index is 12.6. The molecule has 1 amide bonds. The van der Waals surface area contributed by atoms with Crippen molar-refractivity contribution in [2.24, 2.45) is 0 Å². The lowest BCUT2D eigenvalue weighted by Gasteiger charge is -2.35. The molecule has 1 saturated heterocycles. The van der Waals surface area contributed by atoms with E-state index in [1.165, 1.54) is 6.42 Å². The van der Waals surface area contributed by atoms with E-state index in [1.807, 2.05) is 19.1 Å². The van der Waals surface area contributed by atoms with Gasteiger partial charge in [0.2, 0.25) is 5.95 Å². The third-order valence-corrected chi connectivity index (χ3v) is 4.88. The molecule has 1 aliphatic rings. The lowest BCUT2D eigenvalue weighted by atomic mass is 10.0. The van der Waals surface area contributed by atoms with E-state index in [4.69, 9.17) is 11.6 Å². The average Bonchev–Trinajstić information content (AvgIpc) is 2.63. The third-order valence-electron chi connectivity index (χ3n) is 4.55. The fraction of sp³-hybridized carbons (Fsp3) is 0.421. The number of para-hydroxylation sites is 1. The van der Waals surface area contributed by atoms with Crippen LogP contribution in [0, 0.1) is 6.92 Å². The Labute approximate surface area is 153 Å². The van der Waals surface area contributed by atoms with E-state index in [1.54, 1.807) is 18.2 Å². The first-order valence-corrected chi connectivity index (χ1v) is 9.14. The van der Waals surface area contributed by atoms with Gasteiger partial charge in [-0.25, -0.2) is 9.97 Å². The number of aromatic nitrogens is 2. The lowest BCUT2D eigenvalue weighted by molar-refractivity contribution is 0.102. The number of nitrogens with zero attached hydrogens (tertiary/aromatic N) is 3. The summed E-state index contributed by atoms with van der Waals surface area (Å²) in [4.78, 5) is 24.0. The van der Waals surface area contributed by atoms with Crippen molar-refractivity contribution in [3.63, 3.8) is 0 Å². The number of amides is 1. The van der Waals surface area contributed by atoms with Crippen molar-refractivity contribution < 1.29 is 4.79 Å². The van der Waals surface area contributed by atoms with Gasteiger partial charge in [-0.3, -0.25) is 4.79 Å². The van der Waals surface area contributed by atoms with Crippen LogP contribution in [0.5, 0.6) is 0 Å². The molecule has 5 nitrogen and oxygen atoms in total. The van der Waals surface area contributed by atoms with Gasteiger partial charge in [0.1, 0.15) is 5.69 Å². The van der Waals surface area contributed by atoms with E-state index in [0.29, 0.717) is 28.4 Å². The van der Waals surface area contributed by atoms with E-state index in [-0.39, 0.29) is 5.91 Å². The van der Waals surface area contributed by atoms with Crippen molar-refractivity contribution in [3.8, 4) is 0 Å². The first-order valence-electron chi connectivity index (χ1n) is 8.76. The molecule has 0 radical (unpaired) electrons. The molecule has 1 atom stereocenters. The normalized spacial score (nSPS) is 17.4. The number of halogens is 1. The van der Waals surface area contributed by atoms with Crippen molar-refractivity contribution in [3.05, 3.63) is 46.7 Å². The summed E-state index contributed by atoms with van der Waals surface area (Å²) in [6.45, 7) is 5.01. The minimum absolute atomic E-state index is 0.273. The number of carbonyl (C=O) groups excluding carboxylic acids is 1. The van der Waals surface area contributed by atoms with Crippen LogP contribution in [0.4, 0.5) is 11.6 Å². The molecule has 0 aliphatic carbocycles. The van der Waals surface area contributed by atoms with E-state index >= 15 is 0 Å².